The van der Waals surface area contributed by atoms with E-state index in [0.717, 1.165) is 5.56 Å². The molecule has 0 aliphatic carbocycles. The van der Waals surface area contributed by atoms with Crippen LogP contribution >= 0.6 is 0 Å². The van der Waals surface area contributed by atoms with Crippen molar-refractivity contribution >= 4 is 22.6 Å². The summed E-state index contributed by atoms with van der Waals surface area (Å²) in [5.41, 5.74) is 1.41. The quantitative estimate of drug-likeness (QED) is 0.591. The molecule has 0 spiro atoms. The van der Waals surface area contributed by atoms with Crippen LogP contribution in [0.3, 0.4) is 0 Å². The Bertz CT molecular complexity index is 1200. The summed E-state index contributed by atoms with van der Waals surface area (Å²) in [4.78, 5) is 30.1. The van der Waals surface area contributed by atoms with Crippen LogP contribution in [0.15, 0.2) is 83.8 Å². The van der Waals surface area contributed by atoms with Crippen LogP contribution in [0.1, 0.15) is 15.9 Å². The lowest BCUT2D eigenvalue weighted by Gasteiger charge is -2.12. The molecule has 2 aromatic carbocycles. The number of amides is 1. The number of anilines is 1. The Balaban J connectivity index is 1.78. The molecule has 1 amide bonds. The molecule has 28 heavy (non-hydrogen) atoms. The number of carbonyl (C=O) groups excluding carboxylic acids is 1. The van der Waals surface area contributed by atoms with E-state index >= 15 is 0 Å². The van der Waals surface area contributed by atoms with Gasteiger partial charge in [0.15, 0.2) is 0 Å². The first-order chi connectivity index (χ1) is 13.6. The highest BCUT2D eigenvalue weighted by molar-refractivity contribution is 6.05. The number of fused-ring (bicyclic) bond motifs is 1. The Hall–Kier alpha value is -3.80. The van der Waals surface area contributed by atoms with Crippen LogP contribution in [0.25, 0.3) is 11.0 Å². The smallest absolute Gasteiger partial charge is 0.265 e. The van der Waals surface area contributed by atoms with Crippen molar-refractivity contribution in [2.75, 3.05) is 5.32 Å². The van der Waals surface area contributed by atoms with Crippen LogP contribution in [0.5, 0.6) is 0 Å². The molecule has 138 valence electrons. The van der Waals surface area contributed by atoms with E-state index in [1.807, 2.05) is 30.3 Å². The molecule has 0 saturated heterocycles. The number of aromatic nitrogens is 2. The summed E-state index contributed by atoms with van der Waals surface area (Å²) >= 11 is 0. The van der Waals surface area contributed by atoms with Gasteiger partial charge in [-0.2, -0.15) is 0 Å². The standard InChI is InChI=1S/C22H16FN3O2/c23-17-8-10-18(11-9-17)25-21(27)19-13-16-7-4-12-24-20(16)26(22(19)28)14-15-5-2-1-3-6-15/h1-13H,14H2,(H,25,27). The number of nitrogens with one attached hydrogen (secondary N) is 1. The Labute approximate surface area is 160 Å². The first-order valence-electron chi connectivity index (χ1n) is 8.71. The van der Waals surface area contributed by atoms with E-state index in [4.69, 9.17) is 0 Å². The van der Waals surface area contributed by atoms with Crippen LogP contribution in [-0.4, -0.2) is 15.5 Å². The molecule has 2 heterocycles. The molecule has 0 fully saturated rings. The molecule has 6 heteroatoms. The number of nitrogens with zero attached hydrogens (tertiary/aromatic N) is 2. The Kier molecular flexibility index (Phi) is 4.68. The number of carbonyl (C=O) groups is 1. The summed E-state index contributed by atoms with van der Waals surface area (Å²) in [7, 11) is 0. The minimum atomic E-state index is -0.552. The minimum absolute atomic E-state index is 0.000700. The summed E-state index contributed by atoms with van der Waals surface area (Å²) < 4.78 is 14.6. The Morgan fingerprint density at radius 2 is 1.75 bits per heavy atom. The van der Waals surface area contributed by atoms with Crippen LogP contribution < -0.4 is 10.9 Å². The number of hydrogen-bond donors (Lipinski definition) is 1. The van der Waals surface area contributed by atoms with E-state index in [0.29, 0.717) is 23.3 Å². The van der Waals surface area contributed by atoms with Crippen LogP contribution in [0, 0.1) is 5.82 Å². The predicted molar refractivity (Wildman–Crippen MR) is 106 cm³/mol. The number of benzene rings is 2. The van der Waals surface area contributed by atoms with Crippen molar-refractivity contribution in [3.8, 4) is 0 Å². The normalized spacial score (nSPS) is 10.8. The number of hydrogen-bond acceptors (Lipinski definition) is 3. The second-order valence-electron chi connectivity index (χ2n) is 6.31. The van der Waals surface area contributed by atoms with Gasteiger partial charge in [-0.3, -0.25) is 14.2 Å². The first kappa shape index (κ1) is 17.6. The summed E-state index contributed by atoms with van der Waals surface area (Å²) in [6, 6.07) is 20.0. The highest BCUT2D eigenvalue weighted by Gasteiger charge is 2.17. The fourth-order valence-electron chi connectivity index (χ4n) is 3.01. The third kappa shape index (κ3) is 3.53. The molecule has 0 bridgehead atoms. The summed E-state index contributed by atoms with van der Waals surface area (Å²) in [6.07, 6.45) is 1.61. The van der Waals surface area contributed by atoms with Crippen molar-refractivity contribution in [3.05, 3.63) is 106 Å². The maximum Gasteiger partial charge on any atom is 0.265 e. The third-order valence-corrected chi connectivity index (χ3v) is 4.38. The Morgan fingerprint density at radius 1 is 1.00 bits per heavy atom. The van der Waals surface area contributed by atoms with Crippen molar-refractivity contribution in [3.63, 3.8) is 0 Å². The fourth-order valence-corrected chi connectivity index (χ4v) is 3.01. The second kappa shape index (κ2) is 7.44. The van der Waals surface area contributed by atoms with Gasteiger partial charge in [-0.25, -0.2) is 9.37 Å². The Morgan fingerprint density at radius 3 is 2.50 bits per heavy atom. The molecule has 0 aliphatic rings. The summed E-state index contributed by atoms with van der Waals surface area (Å²) in [5, 5.41) is 3.33. The zero-order valence-corrected chi connectivity index (χ0v) is 14.8. The molecular formula is C22H16FN3O2. The molecule has 0 aliphatic heterocycles. The lowest BCUT2D eigenvalue weighted by atomic mass is 10.1. The minimum Gasteiger partial charge on any atom is -0.322 e. The maximum absolute atomic E-state index is 13.1. The predicted octanol–water partition coefficient (Wildman–Crippen LogP) is 3.84. The average Bonchev–Trinajstić information content (AvgIpc) is 2.72. The van der Waals surface area contributed by atoms with Crippen molar-refractivity contribution in [1.82, 2.24) is 9.55 Å². The van der Waals surface area contributed by atoms with Crippen LogP contribution in [-0.2, 0) is 6.54 Å². The van der Waals surface area contributed by atoms with Gasteiger partial charge in [-0.15, -0.1) is 0 Å². The zero-order valence-electron chi connectivity index (χ0n) is 14.8. The van der Waals surface area contributed by atoms with Gasteiger partial charge in [0, 0.05) is 17.3 Å². The van der Waals surface area contributed by atoms with Gasteiger partial charge in [0.25, 0.3) is 11.5 Å². The van der Waals surface area contributed by atoms with Crippen molar-refractivity contribution in [2.24, 2.45) is 0 Å². The molecule has 0 saturated carbocycles. The summed E-state index contributed by atoms with van der Waals surface area (Å²) in [5.74, 6) is -0.954. The average molecular weight is 373 g/mol. The largest absolute Gasteiger partial charge is 0.322 e. The SMILES string of the molecule is O=C(Nc1ccc(F)cc1)c1cc2cccnc2n(Cc2ccccc2)c1=O. The highest BCUT2D eigenvalue weighted by atomic mass is 19.1. The van der Waals surface area contributed by atoms with Gasteiger partial charge in [-0.05, 0) is 48.0 Å². The first-order valence-corrected chi connectivity index (χ1v) is 8.71. The van der Waals surface area contributed by atoms with Gasteiger partial charge >= 0.3 is 0 Å². The molecule has 1 N–H and O–H groups in total. The maximum atomic E-state index is 13.1. The lowest BCUT2D eigenvalue weighted by Crippen LogP contribution is -2.30. The van der Waals surface area contributed by atoms with E-state index in [1.54, 1.807) is 18.3 Å². The number of pyridine rings is 2. The molecule has 0 unspecified atom stereocenters. The molecule has 4 aromatic rings. The second-order valence-corrected chi connectivity index (χ2v) is 6.31. The zero-order chi connectivity index (χ0) is 19.5. The molecule has 0 radical (unpaired) electrons. The van der Waals surface area contributed by atoms with Gasteiger partial charge in [-0.1, -0.05) is 30.3 Å². The van der Waals surface area contributed by atoms with Gasteiger partial charge in [0.2, 0.25) is 0 Å². The van der Waals surface area contributed by atoms with E-state index in [9.17, 15) is 14.0 Å². The van der Waals surface area contributed by atoms with Crippen molar-refractivity contribution in [2.45, 2.75) is 6.54 Å². The number of rotatable bonds is 4. The number of halogens is 1. The van der Waals surface area contributed by atoms with Gasteiger partial charge < -0.3 is 5.32 Å². The van der Waals surface area contributed by atoms with E-state index in [2.05, 4.69) is 10.3 Å². The lowest BCUT2D eigenvalue weighted by molar-refractivity contribution is 0.102. The highest BCUT2D eigenvalue weighted by Crippen LogP contribution is 2.15. The van der Waals surface area contributed by atoms with E-state index in [1.165, 1.54) is 34.9 Å². The van der Waals surface area contributed by atoms with E-state index < -0.39 is 17.3 Å². The van der Waals surface area contributed by atoms with Crippen LogP contribution in [0.4, 0.5) is 10.1 Å². The molecule has 4 rings (SSSR count). The topological polar surface area (TPSA) is 64.0 Å². The van der Waals surface area contributed by atoms with Gasteiger partial charge in [0.05, 0.1) is 6.54 Å². The molecule has 5 nitrogen and oxygen atoms in total. The fraction of sp³-hybridized carbons (Fsp3) is 0.0455. The molecule has 2 aromatic heterocycles. The molecular weight excluding hydrogens is 357 g/mol. The van der Waals surface area contributed by atoms with Gasteiger partial charge in [0.1, 0.15) is 17.0 Å². The van der Waals surface area contributed by atoms with Crippen molar-refractivity contribution in [1.29, 1.82) is 0 Å². The molecule has 0 atom stereocenters. The summed E-state index contributed by atoms with van der Waals surface area (Å²) in [6.45, 7) is 0.296. The van der Waals surface area contributed by atoms with Crippen LogP contribution in [0.2, 0.25) is 0 Å². The van der Waals surface area contributed by atoms with E-state index in [-0.39, 0.29) is 5.56 Å². The van der Waals surface area contributed by atoms with Crippen molar-refractivity contribution < 1.29 is 9.18 Å². The third-order valence-electron chi connectivity index (χ3n) is 4.38. The monoisotopic (exact) mass is 373 g/mol.